The Bertz CT molecular complexity index is 1070. The summed E-state index contributed by atoms with van der Waals surface area (Å²) in [7, 11) is 0. The van der Waals surface area contributed by atoms with Gasteiger partial charge in [0.05, 0.1) is 0 Å². The van der Waals surface area contributed by atoms with Gasteiger partial charge in [0.15, 0.2) is 6.10 Å². The fourth-order valence-electron chi connectivity index (χ4n) is 8.74. The fourth-order valence-corrected chi connectivity index (χ4v) is 8.74. The Balaban J connectivity index is 3.99. The molecule has 0 spiro atoms. The molecule has 6 heteroatoms. The van der Waals surface area contributed by atoms with Gasteiger partial charge in [0.1, 0.15) is 13.2 Å². The van der Waals surface area contributed by atoms with E-state index in [1.54, 1.807) is 0 Å². The molecule has 1 unspecified atom stereocenters. The van der Waals surface area contributed by atoms with E-state index in [0.717, 1.165) is 77.0 Å². The second-order valence-electron chi connectivity index (χ2n) is 19.9. The van der Waals surface area contributed by atoms with Crippen LogP contribution >= 0.6 is 0 Å². The van der Waals surface area contributed by atoms with Gasteiger partial charge in [-0.2, -0.15) is 0 Å². The van der Waals surface area contributed by atoms with Gasteiger partial charge in [0, 0.05) is 19.3 Å². The number of hydrogen-bond acceptors (Lipinski definition) is 6. The van der Waals surface area contributed by atoms with E-state index in [1.807, 2.05) is 0 Å². The Kier molecular flexibility index (Phi) is 53.7. The molecule has 66 heavy (non-hydrogen) atoms. The van der Waals surface area contributed by atoms with Crippen LogP contribution in [0.2, 0.25) is 0 Å². The van der Waals surface area contributed by atoms with Gasteiger partial charge in [0.2, 0.25) is 0 Å². The number of unbranched alkanes of at least 4 members (excludes halogenated alkanes) is 39. The Morgan fingerprint density at radius 1 is 0.288 bits per heavy atom. The van der Waals surface area contributed by atoms with Crippen LogP contribution in [0.15, 0.2) is 24.3 Å². The number of carbonyl (C=O) groups is 3. The molecule has 0 aromatic carbocycles. The molecule has 388 valence electrons. The molecule has 0 saturated carbocycles. The summed E-state index contributed by atoms with van der Waals surface area (Å²) in [5.74, 6) is -0.869. The molecule has 1 atom stereocenters. The summed E-state index contributed by atoms with van der Waals surface area (Å²) in [6, 6.07) is 0. The molecule has 0 bridgehead atoms. The molecular formula is C60H112O6. The second-order valence-corrected chi connectivity index (χ2v) is 19.9. The van der Waals surface area contributed by atoms with Crippen LogP contribution < -0.4 is 0 Å². The van der Waals surface area contributed by atoms with Crippen molar-refractivity contribution in [2.75, 3.05) is 13.2 Å². The van der Waals surface area contributed by atoms with Crippen molar-refractivity contribution in [2.45, 2.75) is 329 Å². The molecule has 0 radical (unpaired) electrons. The highest BCUT2D eigenvalue weighted by atomic mass is 16.6. The minimum Gasteiger partial charge on any atom is -0.462 e. The molecule has 0 rings (SSSR count). The van der Waals surface area contributed by atoms with Gasteiger partial charge in [-0.25, -0.2) is 0 Å². The van der Waals surface area contributed by atoms with Crippen LogP contribution in [0.25, 0.3) is 0 Å². The van der Waals surface area contributed by atoms with Gasteiger partial charge in [0.25, 0.3) is 0 Å². The molecule has 0 aromatic heterocycles. The summed E-state index contributed by atoms with van der Waals surface area (Å²) in [4.78, 5) is 37.9. The van der Waals surface area contributed by atoms with Crippen molar-refractivity contribution >= 4 is 17.9 Å². The predicted octanol–water partition coefficient (Wildman–Crippen LogP) is 19.5. The zero-order valence-corrected chi connectivity index (χ0v) is 44.5. The van der Waals surface area contributed by atoms with Gasteiger partial charge < -0.3 is 14.2 Å². The number of rotatable bonds is 54. The van der Waals surface area contributed by atoms with Crippen LogP contribution in [0.4, 0.5) is 0 Å². The Morgan fingerprint density at radius 3 is 0.818 bits per heavy atom. The highest BCUT2D eigenvalue weighted by Gasteiger charge is 2.19. The van der Waals surface area contributed by atoms with Gasteiger partial charge in [-0.3, -0.25) is 14.4 Å². The zero-order chi connectivity index (χ0) is 47.9. The zero-order valence-electron chi connectivity index (χ0n) is 44.5. The minimum absolute atomic E-state index is 0.0703. The lowest BCUT2D eigenvalue weighted by atomic mass is 10.0. The van der Waals surface area contributed by atoms with Crippen molar-refractivity contribution in [3.63, 3.8) is 0 Å². The highest BCUT2D eigenvalue weighted by molar-refractivity contribution is 5.71. The maximum absolute atomic E-state index is 12.7. The first-order valence-corrected chi connectivity index (χ1v) is 29.3. The van der Waals surface area contributed by atoms with E-state index in [-0.39, 0.29) is 31.1 Å². The summed E-state index contributed by atoms with van der Waals surface area (Å²) in [5.41, 5.74) is 0. The molecule has 0 saturated heterocycles. The Morgan fingerprint density at radius 2 is 0.530 bits per heavy atom. The second kappa shape index (κ2) is 55.5. The van der Waals surface area contributed by atoms with Crippen molar-refractivity contribution < 1.29 is 28.6 Å². The van der Waals surface area contributed by atoms with Gasteiger partial charge in [-0.05, 0) is 64.2 Å². The first-order chi connectivity index (χ1) is 32.5. The largest absolute Gasteiger partial charge is 0.462 e. The molecule has 0 aliphatic heterocycles. The maximum Gasteiger partial charge on any atom is 0.306 e. The van der Waals surface area contributed by atoms with Crippen molar-refractivity contribution in [2.24, 2.45) is 0 Å². The third-order valence-corrected chi connectivity index (χ3v) is 13.2. The molecule has 0 aromatic rings. The van der Waals surface area contributed by atoms with Crippen molar-refractivity contribution in [1.29, 1.82) is 0 Å². The molecule has 0 aliphatic carbocycles. The number of carbonyl (C=O) groups excluding carboxylic acids is 3. The van der Waals surface area contributed by atoms with Crippen LogP contribution in [0.1, 0.15) is 323 Å². The normalized spacial score (nSPS) is 12.1. The van der Waals surface area contributed by atoms with Crippen molar-refractivity contribution in [3.8, 4) is 0 Å². The Hall–Kier alpha value is -2.11. The molecule has 0 fully saturated rings. The van der Waals surface area contributed by atoms with E-state index in [0.29, 0.717) is 19.3 Å². The van der Waals surface area contributed by atoms with Crippen LogP contribution in [-0.4, -0.2) is 37.2 Å². The van der Waals surface area contributed by atoms with E-state index in [1.165, 1.54) is 205 Å². The van der Waals surface area contributed by atoms with Crippen LogP contribution in [0, 0.1) is 0 Å². The fraction of sp³-hybridized carbons (Fsp3) is 0.883. The summed E-state index contributed by atoms with van der Waals surface area (Å²) in [6.07, 6.45) is 65.0. The van der Waals surface area contributed by atoms with Crippen molar-refractivity contribution in [3.05, 3.63) is 24.3 Å². The van der Waals surface area contributed by atoms with Crippen molar-refractivity contribution in [1.82, 2.24) is 0 Å². The Labute approximate surface area is 411 Å². The molecular weight excluding hydrogens is 817 g/mol. The van der Waals surface area contributed by atoms with E-state index < -0.39 is 6.10 Å². The lowest BCUT2D eigenvalue weighted by Gasteiger charge is -2.18. The monoisotopic (exact) mass is 929 g/mol. The first-order valence-electron chi connectivity index (χ1n) is 29.3. The third-order valence-electron chi connectivity index (χ3n) is 13.2. The summed E-state index contributed by atoms with van der Waals surface area (Å²) in [5, 5.41) is 0. The molecule has 0 N–H and O–H groups in total. The standard InChI is InChI=1S/C60H112O6/c1-4-7-10-13-16-19-21-22-23-24-25-26-27-28-29-30-31-32-33-34-35-36-37-38-39-42-44-47-50-53-59(62)65-56-57(55-64-58(61)52-49-46-43-40-18-15-12-9-6-3)66-60(63)54-51-48-45-41-20-17-14-11-8-5-2/h11,14,24-25,57H,4-10,12-13,15-23,26-56H2,1-3H3/b14-11-,25-24-. The smallest absolute Gasteiger partial charge is 0.306 e. The summed E-state index contributed by atoms with van der Waals surface area (Å²) < 4.78 is 16.8. The van der Waals surface area contributed by atoms with Gasteiger partial charge in [-0.1, -0.05) is 263 Å². The van der Waals surface area contributed by atoms with E-state index >= 15 is 0 Å². The number of allylic oxidation sites excluding steroid dienone is 4. The molecule has 0 amide bonds. The van der Waals surface area contributed by atoms with E-state index in [4.69, 9.17) is 14.2 Å². The lowest BCUT2D eigenvalue weighted by Crippen LogP contribution is -2.30. The third kappa shape index (κ3) is 52.9. The highest BCUT2D eigenvalue weighted by Crippen LogP contribution is 2.17. The van der Waals surface area contributed by atoms with Gasteiger partial charge >= 0.3 is 17.9 Å². The topological polar surface area (TPSA) is 78.9 Å². The van der Waals surface area contributed by atoms with Gasteiger partial charge in [-0.15, -0.1) is 0 Å². The number of esters is 3. The predicted molar refractivity (Wildman–Crippen MR) is 284 cm³/mol. The average molecular weight is 930 g/mol. The summed E-state index contributed by atoms with van der Waals surface area (Å²) >= 11 is 0. The first kappa shape index (κ1) is 63.9. The number of hydrogen-bond donors (Lipinski definition) is 0. The minimum atomic E-state index is -0.768. The lowest BCUT2D eigenvalue weighted by molar-refractivity contribution is -0.167. The SMILES string of the molecule is CCC/C=C\CCCCCCCC(=O)OC(COC(=O)CCCCCCCCCCC)COC(=O)CCCCCCCCCCCCCCCCCCC/C=C\CCCCCCCCCC. The van der Waals surface area contributed by atoms with Crippen LogP contribution in [0.3, 0.4) is 0 Å². The molecule has 0 heterocycles. The van der Waals surface area contributed by atoms with Crippen LogP contribution in [0.5, 0.6) is 0 Å². The summed E-state index contributed by atoms with van der Waals surface area (Å²) in [6.45, 7) is 6.58. The quantitative estimate of drug-likeness (QED) is 0.0262. The maximum atomic E-state index is 12.7. The van der Waals surface area contributed by atoms with E-state index in [2.05, 4.69) is 45.1 Å². The number of ether oxygens (including phenoxy) is 3. The van der Waals surface area contributed by atoms with E-state index in [9.17, 15) is 14.4 Å². The molecule has 0 aliphatic rings. The average Bonchev–Trinajstić information content (AvgIpc) is 3.31. The molecule has 6 nitrogen and oxygen atoms in total. The van der Waals surface area contributed by atoms with Crippen LogP contribution in [-0.2, 0) is 28.6 Å².